The molecule has 1 amide bonds. The molecule has 0 radical (unpaired) electrons. The van der Waals surface area contributed by atoms with E-state index >= 15 is 0 Å². The molecule has 2 N–H and O–H groups in total. The van der Waals surface area contributed by atoms with Crippen LogP contribution in [0.2, 0.25) is 0 Å². The summed E-state index contributed by atoms with van der Waals surface area (Å²) >= 11 is 0. The second-order valence-electron chi connectivity index (χ2n) is 6.14. The SMILES string of the molecule is O=C(O)/C=C/c1ccc(C2=C/C(=C3\C(=O)Nc4cc(F)ccc43)OC2)cc1. The molecule has 4 rings (SSSR count). The van der Waals surface area contributed by atoms with E-state index in [1.54, 1.807) is 24.3 Å². The van der Waals surface area contributed by atoms with Gasteiger partial charge in [-0.1, -0.05) is 24.3 Å². The van der Waals surface area contributed by atoms with Gasteiger partial charge in [0.15, 0.2) is 0 Å². The van der Waals surface area contributed by atoms with Crippen molar-refractivity contribution in [1.82, 2.24) is 0 Å². The number of benzene rings is 2. The Morgan fingerprint density at radius 2 is 1.96 bits per heavy atom. The van der Waals surface area contributed by atoms with Gasteiger partial charge in [0.2, 0.25) is 0 Å². The van der Waals surface area contributed by atoms with E-state index in [1.807, 2.05) is 12.1 Å². The number of aliphatic carboxylic acids is 1. The van der Waals surface area contributed by atoms with E-state index < -0.39 is 11.8 Å². The second kappa shape index (κ2) is 6.57. The Morgan fingerprint density at radius 3 is 2.70 bits per heavy atom. The molecule has 0 saturated heterocycles. The molecular formula is C21H14FNO4. The number of ether oxygens (including phenoxy) is 1. The highest BCUT2D eigenvalue weighted by Crippen LogP contribution is 2.38. The first-order valence-electron chi connectivity index (χ1n) is 8.21. The molecule has 6 heteroatoms. The highest BCUT2D eigenvalue weighted by Gasteiger charge is 2.30. The molecule has 0 unspecified atom stereocenters. The van der Waals surface area contributed by atoms with E-state index in [0.29, 0.717) is 29.2 Å². The molecule has 2 aliphatic heterocycles. The van der Waals surface area contributed by atoms with Crippen LogP contribution >= 0.6 is 0 Å². The van der Waals surface area contributed by atoms with Crippen molar-refractivity contribution >= 4 is 34.8 Å². The number of amides is 1. The minimum atomic E-state index is -1.00. The maximum absolute atomic E-state index is 13.4. The zero-order valence-corrected chi connectivity index (χ0v) is 14.0. The van der Waals surface area contributed by atoms with Crippen molar-refractivity contribution in [3.63, 3.8) is 0 Å². The number of carbonyl (C=O) groups is 2. The highest BCUT2D eigenvalue weighted by molar-refractivity contribution is 6.32. The molecule has 0 atom stereocenters. The van der Waals surface area contributed by atoms with Crippen molar-refractivity contribution in [3.8, 4) is 0 Å². The molecule has 2 aromatic rings. The molecule has 0 spiro atoms. The lowest BCUT2D eigenvalue weighted by Gasteiger charge is -2.03. The van der Waals surface area contributed by atoms with E-state index in [9.17, 15) is 14.0 Å². The Bertz CT molecular complexity index is 1050. The summed E-state index contributed by atoms with van der Waals surface area (Å²) in [4.78, 5) is 22.9. The van der Waals surface area contributed by atoms with Crippen molar-refractivity contribution in [2.45, 2.75) is 0 Å². The summed E-state index contributed by atoms with van der Waals surface area (Å²) in [6, 6.07) is 11.5. The topological polar surface area (TPSA) is 75.6 Å². The number of carboxylic acids is 1. The fourth-order valence-corrected chi connectivity index (χ4v) is 3.07. The summed E-state index contributed by atoms with van der Waals surface area (Å²) < 4.78 is 19.1. The van der Waals surface area contributed by atoms with Crippen molar-refractivity contribution in [2.24, 2.45) is 0 Å². The molecule has 0 aliphatic carbocycles. The fraction of sp³-hybridized carbons (Fsp3) is 0.0476. The van der Waals surface area contributed by atoms with E-state index in [4.69, 9.17) is 9.84 Å². The third-order valence-electron chi connectivity index (χ3n) is 4.36. The lowest BCUT2D eigenvalue weighted by molar-refractivity contribution is -0.131. The second-order valence-corrected chi connectivity index (χ2v) is 6.14. The Balaban J connectivity index is 1.65. The summed E-state index contributed by atoms with van der Waals surface area (Å²) in [7, 11) is 0. The standard InChI is InChI=1S/C21H14FNO4/c22-15-6-7-16-17(10-15)23-21(26)20(16)18-9-14(11-27-18)13-4-1-12(2-5-13)3-8-19(24)25/h1-10H,11H2,(H,23,26)(H,24,25)/b8-3+,20-18+. The van der Waals surface area contributed by atoms with Crippen molar-refractivity contribution in [1.29, 1.82) is 0 Å². The molecule has 2 aromatic carbocycles. The van der Waals surface area contributed by atoms with Crippen LogP contribution in [-0.2, 0) is 14.3 Å². The van der Waals surface area contributed by atoms with Crippen molar-refractivity contribution in [2.75, 3.05) is 11.9 Å². The van der Waals surface area contributed by atoms with Crippen molar-refractivity contribution < 1.29 is 23.8 Å². The van der Waals surface area contributed by atoms with E-state index in [-0.39, 0.29) is 5.91 Å². The third-order valence-corrected chi connectivity index (χ3v) is 4.36. The predicted molar refractivity (Wildman–Crippen MR) is 99.0 cm³/mol. The van der Waals surface area contributed by atoms with Crippen LogP contribution in [0.5, 0.6) is 0 Å². The van der Waals surface area contributed by atoms with E-state index in [2.05, 4.69) is 5.32 Å². The van der Waals surface area contributed by atoms with Gasteiger partial charge in [-0.05, 0) is 41.5 Å². The number of halogens is 1. The monoisotopic (exact) mass is 363 g/mol. The Kier molecular flexibility index (Phi) is 4.08. The van der Waals surface area contributed by atoms with Gasteiger partial charge in [-0.25, -0.2) is 9.18 Å². The van der Waals surface area contributed by atoms with Crippen LogP contribution in [0.4, 0.5) is 10.1 Å². The van der Waals surface area contributed by atoms with Crippen LogP contribution < -0.4 is 5.32 Å². The number of carbonyl (C=O) groups excluding carboxylic acids is 1. The number of rotatable bonds is 3. The quantitative estimate of drug-likeness (QED) is 0.816. The molecule has 2 heterocycles. The molecule has 27 heavy (non-hydrogen) atoms. The predicted octanol–water partition coefficient (Wildman–Crippen LogP) is 3.70. The molecule has 2 aliphatic rings. The zero-order chi connectivity index (χ0) is 19.0. The number of allylic oxidation sites excluding steroid dienone is 1. The van der Waals surface area contributed by atoms with Gasteiger partial charge in [-0.3, -0.25) is 4.79 Å². The maximum Gasteiger partial charge on any atom is 0.328 e. The molecule has 0 fully saturated rings. The number of hydrogen-bond donors (Lipinski definition) is 2. The largest absolute Gasteiger partial charge is 0.488 e. The van der Waals surface area contributed by atoms with Crippen LogP contribution in [0.1, 0.15) is 16.7 Å². The Labute approximate surface area is 154 Å². The highest BCUT2D eigenvalue weighted by atomic mass is 19.1. The smallest absolute Gasteiger partial charge is 0.328 e. The van der Waals surface area contributed by atoms with Gasteiger partial charge < -0.3 is 15.2 Å². The van der Waals surface area contributed by atoms with Crippen LogP contribution in [0.3, 0.4) is 0 Å². The van der Waals surface area contributed by atoms with Crippen molar-refractivity contribution in [3.05, 3.63) is 82.9 Å². The van der Waals surface area contributed by atoms with Crippen LogP contribution in [-0.4, -0.2) is 23.6 Å². The first-order chi connectivity index (χ1) is 13.0. The Morgan fingerprint density at radius 1 is 1.19 bits per heavy atom. The molecule has 5 nitrogen and oxygen atoms in total. The normalized spacial score (nSPS) is 18.3. The van der Waals surface area contributed by atoms with Gasteiger partial charge in [0.05, 0.1) is 11.3 Å². The molecule has 134 valence electrons. The third kappa shape index (κ3) is 3.25. The average Bonchev–Trinajstić information content (AvgIpc) is 3.23. The molecule has 0 aromatic heterocycles. The number of anilines is 1. The number of carboxylic acid groups (broad SMARTS) is 1. The fourth-order valence-electron chi connectivity index (χ4n) is 3.07. The van der Waals surface area contributed by atoms with Gasteiger partial charge in [0.25, 0.3) is 5.91 Å². The average molecular weight is 363 g/mol. The minimum absolute atomic E-state index is 0.312. The van der Waals surface area contributed by atoms with Crippen LogP contribution in [0.15, 0.2) is 60.4 Å². The number of nitrogens with one attached hydrogen (secondary N) is 1. The van der Waals surface area contributed by atoms with E-state index in [0.717, 1.165) is 22.8 Å². The van der Waals surface area contributed by atoms with Gasteiger partial charge >= 0.3 is 5.97 Å². The molecular weight excluding hydrogens is 349 g/mol. The summed E-state index contributed by atoms with van der Waals surface area (Å²) in [5.41, 5.74) is 4.02. The van der Waals surface area contributed by atoms with Gasteiger partial charge in [0.1, 0.15) is 18.2 Å². The first kappa shape index (κ1) is 16.8. The molecule has 0 saturated carbocycles. The number of fused-ring (bicyclic) bond motifs is 1. The van der Waals surface area contributed by atoms with Gasteiger partial charge in [-0.2, -0.15) is 0 Å². The minimum Gasteiger partial charge on any atom is -0.488 e. The lowest BCUT2D eigenvalue weighted by atomic mass is 10.0. The maximum atomic E-state index is 13.4. The first-order valence-corrected chi connectivity index (χ1v) is 8.21. The van der Waals surface area contributed by atoms with E-state index in [1.165, 1.54) is 18.2 Å². The molecule has 0 bridgehead atoms. The Hall–Kier alpha value is -3.67. The van der Waals surface area contributed by atoms with Gasteiger partial charge in [-0.15, -0.1) is 0 Å². The summed E-state index contributed by atoms with van der Waals surface area (Å²) in [5, 5.41) is 11.3. The zero-order valence-electron chi connectivity index (χ0n) is 14.0. The summed E-state index contributed by atoms with van der Waals surface area (Å²) in [5.74, 6) is -1.29. The number of hydrogen-bond acceptors (Lipinski definition) is 3. The summed E-state index contributed by atoms with van der Waals surface area (Å²) in [6.45, 7) is 0.312. The summed E-state index contributed by atoms with van der Waals surface area (Å²) in [6.07, 6.45) is 4.39. The van der Waals surface area contributed by atoms with Crippen LogP contribution in [0.25, 0.3) is 17.2 Å². The van der Waals surface area contributed by atoms with Gasteiger partial charge in [0, 0.05) is 17.2 Å². The lowest BCUT2D eigenvalue weighted by Crippen LogP contribution is -2.05. The van der Waals surface area contributed by atoms with Crippen LogP contribution in [0, 0.1) is 5.82 Å².